The molecule has 0 atom stereocenters. The molecule has 1 saturated carbocycles. The quantitative estimate of drug-likeness (QED) is 0.876. The van der Waals surface area contributed by atoms with Crippen LogP contribution in [0, 0.1) is 0 Å². The molecule has 0 heterocycles. The van der Waals surface area contributed by atoms with Crippen LogP contribution in [0.15, 0.2) is 48.5 Å². The van der Waals surface area contributed by atoms with Gasteiger partial charge in [0.1, 0.15) is 6.61 Å². The summed E-state index contributed by atoms with van der Waals surface area (Å²) in [5.41, 5.74) is 8.47. The molecule has 0 bridgehead atoms. The number of ether oxygens (including phenoxy) is 2. The van der Waals surface area contributed by atoms with E-state index < -0.39 is 0 Å². The molecule has 3 heteroatoms. The van der Waals surface area contributed by atoms with E-state index >= 15 is 0 Å². The van der Waals surface area contributed by atoms with Gasteiger partial charge in [0.25, 0.3) is 0 Å². The van der Waals surface area contributed by atoms with Crippen molar-refractivity contribution in [1.82, 2.24) is 0 Å². The van der Waals surface area contributed by atoms with Crippen LogP contribution in [0.1, 0.15) is 37.3 Å². The SMILES string of the molecule is CCOc1cccc(C2(N)CCC2)c1OCc1ccccc1. The third kappa shape index (κ3) is 2.95. The van der Waals surface area contributed by atoms with E-state index in [1.807, 2.05) is 37.3 Å². The summed E-state index contributed by atoms with van der Waals surface area (Å²) in [5.74, 6) is 1.59. The first-order chi connectivity index (χ1) is 10.7. The summed E-state index contributed by atoms with van der Waals surface area (Å²) in [4.78, 5) is 0. The molecule has 0 unspecified atom stereocenters. The third-order valence-corrected chi connectivity index (χ3v) is 4.29. The average molecular weight is 297 g/mol. The molecule has 1 fully saturated rings. The molecule has 2 aromatic rings. The maximum Gasteiger partial charge on any atom is 0.166 e. The molecule has 0 saturated heterocycles. The number of benzene rings is 2. The van der Waals surface area contributed by atoms with Crippen LogP contribution in [0.4, 0.5) is 0 Å². The van der Waals surface area contributed by atoms with E-state index in [2.05, 4.69) is 18.2 Å². The largest absolute Gasteiger partial charge is 0.490 e. The molecule has 0 radical (unpaired) electrons. The second-order valence-corrected chi connectivity index (χ2v) is 5.85. The van der Waals surface area contributed by atoms with Crippen molar-refractivity contribution in [3.63, 3.8) is 0 Å². The minimum atomic E-state index is -0.265. The van der Waals surface area contributed by atoms with Crippen LogP contribution < -0.4 is 15.2 Å². The Kier molecular flexibility index (Phi) is 4.34. The first kappa shape index (κ1) is 14.9. The molecular weight excluding hydrogens is 274 g/mol. The zero-order valence-corrected chi connectivity index (χ0v) is 13.0. The van der Waals surface area contributed by atoms with Crippen molar-refractivity contribution in [2.24, 2.45) is 5.73 Å². The number of rotatable bonds is 6. The highest BCUT2D eigenvalue weighted by molar-refractivity contribution is 5.50. The van der Waals surface area contributed by atoms with Crippen LogP contribution in [-0.4, -0.2) is 6.61 Å². The lowest BCUT2D eigenvalue weighted by molar-refractivity contribution is 0.222. The number of hydrogen-bond donors (Lipinski definition) is 1. The van der Waals surface area contributed by atoms with Crippen LogP contribution in [0.2, 0.25) is 0 Å². The van der Waals surface area contributed by atoms with E-state index in [4.69, 9.17) is 15.2 Å². The molecule has 2 N–H and O–H groups in total. The first-order valence-electron chi connectivity index (χ1n) is 7.95. The number of para-hydroxylation sites is 1. The van der Waals surface area contributed by atoms with Crippen LogP contribution in [0.3, 0.4) is 0 Å². The topological polar surface area (TPSA) is 44.5 Å². The van der Waals surface area contributed by atoms with E-state index in [0.29, 0.717) is 13.2 Å². The molecule has 3 nitrogen and oxygen atoms in total. The summed E-state index contributed by atoms with van der Waals surface area (Å²) in [6.07, 6.45) is 3.18. The van der Waals surface area contributed by atoms with E-state index in [9.17, 15) is 0 Å². The Morgan fingerprint density at radius 1 is 1.00 bits per heavy atom. The molecule has 0 spiro atoms. The molecule has 2 aromatic carbocycles. The Bertz CT molecular complexity index is 621. The Labute approximate surface area is 132 Å². The molecule has 116 valence electrons. The van der Waals surface area contributed by atoms with Gasteiger partial charge in [-0.3, -0.25) is 0 Å². The molecule has 22 heavy (non-hydrogen) atoms. The Morgan fingerprint density at radius 3 is 2.41 bits per heavy atom. The summed E-state index contributed by atoms with van der Waals surface area (Å²) < 4.78 is 11.9. The highest BCUT2D eigenvalue weighted by atomic mass is 16.5. The maximum atomic E-state index is 6.52. The molecule has 0 amide bonds. The first-order valence-corrected chi connectivity index (χ1v) is 7.95. The van der Waals surface area contributed by atoms with Gasteiger partial charge in [0.05, 0.1) is 6.61 Å². The maximum absolute atomic E-state index is 6.52. The van der Waals surface area contributed by atoms with Gasteiger partial charge in [0.2, 0.25) is 0 Å². The fraction of sp³-hybridized carbons (Fsp3) is 0.368. The highest BCUT2D eigenvalue weighted by Gasteiger charge is 2.37. The van der Waals surface area contributed by atoms with Crippen LogP contribution in [0.25, 0.3) is 0 Å². The van der Waals surface area contributed by atoms with Crippen LogP contribution in [-0.2, 0) is 12.1 Å². The summed E-state index contributed by atoms with van der Waals surface area (Å²) in [6.45, 7) is 3.12. The fourth-order valence-corrected chi connectivity index (χ4v) is 2.88. The normalized spacial score (nSPS) is 15.9. The van der Waals surface area contributed by atoms with Crippen molar-refractivity contribution in [2.75, 3.05) is 6.61 Å². The van der Waals surface area contributed by atoms with Crippen molar-refractivity contribution in [3.8, 4) is 11.5 Å². The van der Waals surface area contributed by atoms with Gasteiger partial charge >= 0.3 is 0 Å². The third-order valence-electron chi connectivity index (χ3n) is 4.29. The predicted molar refractivity (Wildman–Crippen MR) is 88.1 cm³/mol. The standard InChI is InChI=1S/C19H23NO2/c1-2-21-17-11-6-10-16(19(20)12-7-13-19)18(17)22-14-15-8-4-3-5-9-15/h3-6,8-11H,2,7,12-14,20H2,1H3. The van der Waals surface area contributed by atoms with E-state index in [1.165, 1.54) is 6.42 Å². The molecule has 0 aliphatic heterocycles. The Balaban J connectivity index is 1.89. The van der Waals surface area contributed by atoms with Gasteiger partial charge in [-0.25, -0.2) is 0 Å². The summed E-state index contributed by atoms with van der Waals surface area (Å²) in [5, 5.41) is 0. The van der Waals surface area contributed by atoms with Crippen molar-refractivity contribution in [3.05, 3.63) is 59.7 Å². The zero-order valence-electron chi connectivity index (χ0n) is 13.0. The minimum absolute atomic E-state index is 0.265. The lowest BCUT2D eigenvalue weighted by atomic mass is 9.72. The Hall–Kier alpha value is -2.00. The fourth-order valence-electron chi connectivity index (χ4n) is 2.88. The predicted octanol–water partition coefficient (Wildman–Crippen LogP) is 4.00. The molecule has 0 aromatic heterocycles. The summed E-state index contributed by atoms with van der Waals surface area (Å²) in [7, 11) is 0. The second kappa shape index (κ2) is 6.41. The van der Waals surface area contributed by atoms with E-state index in [-0.39, 0.29) is 5.54 Å². The van der Waals surface area contributed by atoms with Crippen molar-refractivity contribution in [1.29, 1.82) is 0 Å². The van der Waals surface area contributed by atoms with Crippen LogP contribution >= 0.6 is 0 Å². The molecule has 1 aliphatic carbocycles. The second-order valence-electron chi connectivity index (χ2n) is 5.85. The van der Waals surface area contributed by atoms with Gasteiger partial charge in [-0.2, -0.15) is 0 Å². The summed E-state index contributed by atoms with van der Waals surface area (Å²) >= 11 is 0. The average Bonchev–Trinajstić information content (AvgIpc) is 2.52. The van der Waals surface area contributed by atoms with Gasteiger partial charge in [-0.05, 0) is 37.8 Å². The van der Waals surface area contributed by atoms with Gasteiger partial charge < -0.3 is 15.2 Å². The molecule has 3 rings (SSSR count). The van der Waals surface area contributed by atoms with Crippen molar-refractivity contribution in [2.45, 2.75) is 38.3 Å². The van der Waals surface area contributed by atoms with Gasteiger partial charge in [0.15, 0.2) is 11.5 Å². The lowest BCUT2D eigenvalue weighted by Crippen LogP contribution is -2.43. The molecule has 1 aliphatic rings. The molecular formula is C19H23NO2. The zero-order chi connectivity index (χ0) is 15.4. The Morgan fingerprint density at radius 2 is 1.77 bits per heavy atom. The smallest absolute Gasteiger partial charge is 0.166 e. The summed E-state index contributed by atoms with van der Waals surface area (Å²) in [6, 6.07) is 16.2. The van der Waals surface area contributed by atoms with Gasteiger partial charge in [0, 0.05) is 11.1 Å². The van der Waals surface area contributed by atoms with Crippen molar-refractivity contribution >= 4 is 0 Å². The highest BCUT2D eigenvalue weighted by Crippen LogP contribution is 2.46. The van der Waals surface area contributed by atoms with Gasteiger partial charge in [-0.15, -0.1) is 0 Å². The van der Waals surface area contributed by atoms with E-state index in [0.717, 1.165) is 35.5 Å². The van der Waals surface area contributed by atoms with Crippen LogP contribution in [0.5, 0.6) is 11.5 Å². The van der Waals surface area contributed by atoms with Crippen molar-refractivity contribution < 1.29 is 9.47 Å². The number of hydrogen-bond acceptors (Lipinski definition) is 3. The lowest BCUT2D eigenvalue weighted by Gasteiger charge is -2.39. The minimum Gasteiger partial charge on any atom is -0.490 e. The van der Waals surface area contributed by atoms with Gasteiger partial charge in [-0.1, -0.05) is 42.5 Å². The monoisotopic (exact) mass is 297 g/mol. The van der Waals surface area contributed by atoms with E-state index in [1.54, 1.807) is 0 Å². The number of nitrogens with two attached hydrogens (primary N) is 1.